The summed E-state index contributed by atoms with van der Waals surface area (Å²) in [6.07, 6.45) is 0.412. The molecule has 19 heavy (non-hydrogen) atoms. The molecule has 110 valence electrons. The van der Waals surface area contributed by atoms with Crippen LogP contribution in [0.4, 0.5) is 0 Å². The molecular formula is C13H23NO5. The van der Waals surface area contributed by atoms with Gasteiger partial charge in [-0.2, -0.15) is 0 Å². The molecule has 0 aromatic heterocycles. The van der Waals surface area contributed by atoms with Crippen molar-refractivity contribution in [3.63, 3.8) is 0 Å². The third-order valence-corrected chi connectivity index (χ3v) is 2.91. The highest BCUT2D eigenvalue weighted by molar-refractivity contribution is 5.86. The van der Waals surface area contributed by atoms with E-state index in [1.54, 1.807) is 0 Å². The summed E-state index contributed by atoms with van der Waals surface area (Å²) in [5, 5.41) is 11.6. The number of hydrogen-bond donors (Lipinski definition) is 2. The molecule has 0 spiro atoms. The van der Waals surface area contributed by atoms with Crippen molar-refractivity contribution in [3.8, 4) is 0 Å². The lowest BCUT2D eigenvalue weighted by atomic mass is 9.88. The van der Waals surface area contributed by atoms with Crippen molar-refractivity contribution < 1.29 is 24.2 Å². The van der Waals surface area contributed by atoms with Gasteiger partial charge >= 0.3 is 5.97 Å². The molecule has 2 atom stereocenters. The van der Waals surface area contributed by atoms with Gasteiger partial charge in [0.25, 0.3) is 5.91 Å². The van der Waals surface area contributed by atoms with Crippen LogP contribution in [-0.4, -0.2) is 48.9 Å². The Kier molecular flexibility index (Phi) is 5.75. The molecule has 1 aliphatic heterocycles. The summed E-state index contributed by atoms with van der Waals surface area (Å²) in [6, 6.07) is -0.878. The topological polar surface area (TPSA) is 84.9 Å². The second-order valence-corrected chi connectivity index (χ2v) is 5.93. The van der Waals surface area contributed by atoms with E-state index in [4.69, 9.17) is 14.6 Å². The predicted molar refractivity (Wildman–Crippen MR) is 68.8 cm³/mol. The van der Waals surface area contributed by atoms with Crippen LogP contribution >= 0.6 is 0 Å². The highest BCUT2D eigenvalue weighted by atomic mass is 16.6. The molecule has 1 heterocycles. The lowest BCUT2D eigenvalue weighted by molar-refractivity contribution is -0.152. The van der Waals surface area contributed by atoms with E-state index in [1.807, 2.05) is 20.8 Å². The van der Waals surface area contributed by atoms with E-state index in [2.05, 4.69) is 5.32 Å². The number of carboxylic acids is 1. The van der Waals surface area contributed by atoms with Crippen LogP contribution in [0.15, 0.2) is 0 Å². The van der Waals surface area contributed by atoms with Crippen molar-refractivity contribution in [2.24, 2.45) is 5.41 Å². The van der Waals surface area contributed by atoms with Gasteiger partial charge in [0.1, 0.15) is 6.04 Å². The van der Waals surface area contributed by atoms with Crippen molar-refractivity contribution in [2.45, 2.75) is 45.8 Å². The van der Waals surface area contributed by atoms with Crippen LogP contribution in [-0.2, 0) is 19.1 Å². The highest BCUT2D eigenvalue weighted by Crippen LogP contribution is 2.21. The Balaban J connectivity index is 2.48. The quantitative estimate of drug-likeness (QED) is 0.774. The van der Waals surface area contributed by atoms with E-state index in [1.165, 1.54) is 0 Å². The summed E-state index contributed by atoms with van der Waals surface area (Å²) in [5.74, 6) is -1.43. The van der Waals surface area contributed by atoms with E-state index in [0.29, 0.717) is 26.1 Å². The number of carbonyl (C=O) groups excluding carboxylic acids is 1. The first-order chi connectivity index (χ1) is 8.79. The van der Waals surface area contributed by atoms with Gasteiger partial charge in [-0.05, 0) is 18.3 Å². The average Bonchev–Trinajstić information content (AvgIpc) is 2.33. The van der Waals surface area contributed by atoms with E-state index < -0.39 is 24.0 Å². The lowest BCUT2D eigenvalue weighted by Crippen LogP contribution is -2.49. The Bertz CT molecular complexity index is 317. The van der Waals surface area contributed by atoms with Gasteiger partial charge in [-0.15, -0.1) is 0 Å². The monoisotopic (exact) mass is 273 g/mol. The first-order valence-corrected chi connectivity index (χ1v) is 6.52. The SMILES string of the molecule is CC(C)(C)CCC(NC(=O)C1COCCO1)C(=O)O. The summed E-state index contributed by atoms with van der Waals surface area (Å²) in [7, 11) is 0. The summed E-state index contributed by atoms with van der Waals surface area (Å²) in [6.45, 7) is 7.11. The first kappa shape index (κ1) is 15.9. The fourth-order valence-corrected chi connectivity index (χ4v) is 1.74. The number of ether oxygens (including phenoxy) is 2. The molecule has 0 aliphatic carbocycles. The molecule has 0 bridgehead atoms. The van der Waals surface area contributed by atoms with Crippen LogP contribution in [0, 0.1) is 5.41 Å². The second kappa shape index (κ2) is 6.86. The minimum absolute atomic E-state index is 0.0306. The van der Waals surface area contributed by atoms with Crippen LogP contribution in [0.25, 0.3) is 0 Å². The van der Waals surface area contributed by atoms with Crippen molar-refractivity contribution in [1.82, 2.24) is 5.32 Å². The fraction of sp³-hybridized carbons (Fsp3) is 0.846. The third kappa shape index (κ3) is 6.02. The van der Waals surface area contributed by atoms with Crippen LogP contribution in [0.2, 0.25) is 0 Å². The van der Waals surface area contributed by atoms with Gasteiger partial charge in [0.15, 0.2) is 6.10 Å². The van der Waals surface area contributed by atoms with Gasteiger partial charge < -0.3 is 19.9 Å². The molecular weight excluding hydrogens is 250 g/mol. The molecule has 6 heteroatoms. The fourth-order valence-electron chi connectivity index (χ4n) is 1.74. The largest absolute Gasteiger partial charge is 0.480 e. The Morgan fingerprint density at radius 1 is 1.37 bits per heavy atom. The zero-order valence-electron chi connectivity index (χ0n) is 11.8. The van der Waals surface area contributed by atoms with Crippen molar-refractivity contribution >= 4 is 11.9 Å². The Morgan fingerprint density at radius 3 is 2.53 bits per heavy atom. The minimum atomic E-state index is -1.02. The normalized spacial score (nSPS) is 21.7. The summed E-state index contributed by atoms with van der Waals surface area (Å²) in [5.41, 5.74) is 0.0306. The smallest absolute Gasteiger partial charge is 0.326 e. The number of carbonyl (C=O) groups is 2. The number of hydrogen-bond acceptors (Lipinski definition) is 4. The molecule has 1 aliphatic rings. The minimum Gasteiger partial charge on any atom is -0.480 e. The summed E-state index contributed by atoms with van der Waals surface area (Å²) in [4.78, 5) is 23.0. The molecule has 6 nitrogen and oxygen atoms in total. The van der Waals surface area contributed by atoms with Gasteiger partial charge in [-0.1, -0.05) is 20.8 Å². The third-order valence-electron chi connectivity index (χ3n) is 2.91. The zero-order chi connectivity index (χ0) is 14.5. The van der Waals surface area contributed by atoms with Crippen molar-refractivity contribution in [2.75, 3.05) is 19.8 Å². The standard InChI is InChI=1S/C13H23NO5/c1-13(2,3)5-4-9(12(16)17)14-11(15)10-8-18-6-7-19-10/h9-10H,4-8H2,1-3H3,(H,14,15)(H,16,17). The Hall–Kier alpha value is -1.14. The molecule has 1 amide bonds. The highest BCUT2D eigenvalue weighted by Gasteiger charge is 2.28. The molecule has 0 aromatic rings. The van der Waals surface area contributed by atoms with Gasteiger partial charge in [0, 0.05) is 0 Å². The molecule has 1 saturated heterocycles. The van der Waals surface area contributed by atoms with Gasteiger partial charge in [0.2, 0.25) is 0 Å². The molecule has 1 rings (SSSR count). The molecule has 0 aromatic carbocycles. The first-order valence-electron chi connectivity index (χ1n) is 6.52. The molecule has 2 unspecified atom stereocenters. The Morgan fingerprint density at radius 2 is 2.05 bits per heavy atom. The number of amides is 1. The summed E-state index contributed by atoms with van der Waals surface area (Å²) < 4.78 is 10.4. The number of rotatable bonds is 5. The van der Waals surface area contributed by atoms with Gasteiger partial charge in [-0.3, -0.25) is 4.79 Å². The molecule has 1 fully saturated rings. The maximum absolute atomic E-state index is 11.9. The van der Waals surface area contributed by atoms with Gasteiger partial charge in [-0.25, -0.2) is 4.79 Å². The van der Waals surface area contributed by atoms with Crippen LogP contribution < -0.4 is 5.32 Å². The molecule has 0 saturated carbocycles. The van der Waals surface area contributed by atoms with Crippen molar-refractivity contribution in [1.29, 1.82) is 0 Å². The Labute approximate surface area is 113 Å². The van der Waals surface area contributed by atoms with E-state index in [-0.39, 0.29) is 12.0 Å². The average molecular weight is 273 g/mol. The zero-order valence-corrected chi connectivity index (χ0v) is 11.8. The number of aliphatic carboxylic acids is 1. The number of carboxylic acid groups (broad SMARTS) is 1. The lowest BCUT2D eigenvalue weighted by Gasteiger charge is -2.25. The molecule has 0 radical (unpaired) electrons. The van der Waals surface area contributed by atoms with Crippen LogP contribution in [0.1, 0.15) is 33.6 Å². The van der Waals surface area contributed by atoms with Crippen molar-refractivity contribution in [3.05, 3.63) is 0 Å². The number of nitrogens with one attached hydrogen (secondary N) is 1. The summed E-state index contributed by atoms with van der Waals surface area (Å²) >= 11 is 0. The van der Waals surface area contributed by atoms with E-state index in [9.17, 15) is 9.59 Å². The van der Waals surface area contributed by atoms with E-state index in [0.717, 1.165) is 0 Å². The van der Waals surface area contributed by atoms with Gasteiger partial charge in [0.05, 0.1) is 19.8 Å². The van der Waals surface area contributed by atoms with Crippen LogP contribution in [0.5, 0.6) is 0 Å². The molecule has 2 N–H and O–H groups in total. The maximum Gasteiger partial charge on any atom is 0.326 e. The second-order valence-electron chi connectivity index (χ2n) is 5.93. The predicted octanol–water partition coefficient (Wildman–Crippen LogP) is 0.798. The van der Waals surface area contributed by atoms with E-state index >= 15 is 0 Å². The van der Waals surface area contributed by atoms with Crippen LogP contribution in [0.3, 0.4) is 0 Å². The maximum atomic E-state index is 11.9.